The minimum atomic E-state index is -3.29. The molecule has 1 aromatic rings. The molecule has 1 aliphatic heterocycles. The first-order valence-electron chi connectivity index (χ1n) is 5.32. The number of hydrogen-bond donors (Lipinski definition) is 0. The van der Waals surface area contributed by atoms with Gasteiger partial charge in [0.15, 0.2) is 0 Å². The highest BCUT2D eigenvalue weighted by atomic mass is 35.9. The number of halogens is 5. The summed E-state index contributed by atoms with van der Waals surface area (Å²) in [5, 5.41) is 0. The Morgan fingerprint density at radius 3 is 2.00 bits per heavy atom. The van der Waals surface area contributed by atoms with E-state index < -0.39 is 24.6 Å². The predicted molar refractivity (Wildman–Crippen MR) is 95.7 cm³/mol. The molecule has 0 saturated heterocycles. The molecule has 0 spiro atoms. The van der Waals surface area contributed by atoms with Crippen molar-refractivity contribution < 1.29 is 14.1 Å². The largest absolute Gasteiger partial charge is 0.465 e. The van der Waals surface area contributed by atoms with E-state index in [0.29, 0.717) is 11.3 Å². The summed E-state index contributed by atoms with van der Waals surface area (Å²) in [5.74, 6) is -6.47. The van der Waals surface area contributed by atoms with Gasteiger partial charge in [0.2, 0.25) is 0 Å². The van der Waals surface area contributed by atoms with Gasteiger partial charge in [-0.3, -0.25) is 0 Å². The molecule has 22 heavy (non-hydrogen) atoms. The molecule has 0 saturated carbocycles. The lowest BCUT2D eigenvalue weighted by Crippen LogP contribution is -2.00. The summed E-state index contributed by atoms with van der Waals surface area (Å²) in [6.45, 7) is -3.29. The monoisotopic (exact) mass is 461 g/mol. The van der Waals surface area contributed by atoms with Crippen molar-refractivity contribution in [1.82, 2.24) is 0 Å². The van der Waals surface area contributed by atoms with Crippen molar-refractivity contribution in [2.45, 2.75) is 0 Å². The summed E-state index contributed by atoms with van der Waals surface area (Å²) in [4.78, 5) is 11.4. The highest BCUT2D eigenvalue weighted by Crippen LogP contribution is 2.86. The number of carbonyl (C=O) groups is 1. The normalized spacial score (nSPS) is 25.2. The van der Waals surface area contributed by atoms with Crippen molar-refractivity contribution in [3.05, 3.63) is 29.8 Å². The fraction of sp³-hybridized carbons (Fsp3) is 0.125. The number of ether oxygens (including phenoxy) is 1. The van der Waals surface area contributed by atoms with Gasteiger partial charge in [0.05, 0.1) is 12.7 Å². The summed E-state index contributed by atoms with van der Waals surface area (Å²) in [6.07, 6.45) is 0. The predicted octanol–water partition coefficient (Wildman–Crippen LogP) is 7.90. The van der Waals surface area contributed by atoms with Crippen LogP contribution in [-0.2, 0) is 4.74 Å². The van der Waals surface area contributed by atoms with Gasteiger partial charge in [-0.2, -0.15) is 13.5 Å². The van der Waals surface area contributed by atoms with E-state index in [1.807, 2.05) is 0 Å². The van der Waals surface area contributed by atoms with Crippen LogP contribution in [0.15, 0.2) is 37.8 Å². The van der Waals surface area contributed by atoms with Crippen LogP contribution in [0.5, 0.6) is 5.75 Å². The van der Waals surface area contributed by atoms with Gasteiger partial charge in [-0.05, 0) is 80.5 Å². The van der Waals surface area contributed by atoms with E-state index in [1.54, 1.807) is 0 Å². The Hall–Kier alpha value is 0.630. The van der Waals surface area contributed by atoms with Gasteiger partial charge in [0, 0.05) is 0 Å². The standard InChI is InChI=1S/C8H7Cl5N3O3P3/c1-18-8(17)6-2-4-7(5-3-6)19-22(13)15-20(9,10)14-21(11,12)16-22/h2-5H,1H3. The molecule has 0 bridgehead atoms. The van der Waals surface area contributed by atoms with E-state index in [-0.39, 0.29) is 0 Å². The molecule has 0 aromatic heterocycles. The van der Waals surface area contributed by atoms with E-state index in [0.717, 1.165) is 0 Å². The van der Waals surface area contributed by atoms with E-state index >= 15 is 0 Å². The lowest BCUT2D eigenvalue weighted by molar-refractivity contribution is 0.0601. The van der Waals surface area contributed by atoms with E-state index in [4.69, 9.17) is 60.7 Å². The zero-order chi connectivity index (χ0) is 16.6. The Morgan fingerprint density at radius 2 is 1.50 bits per heavy atom. The second-order valence-electron chi connectivity index (χ2n) is 3.76. The molecule has 6 nitrogen and oxygen atoms in total. The first kappa shape index (κ1) is 19.0. The van der Waals surface area contributed by atoms with Crippen LogP contribution in [0.4, 0.5) is 0 Å². The number of nitrogens with zero attached hydrogens (tertiary/aromatic N) is 3. The molecule has 0 amide bonds. The number of esters is 1. The first-order chi connectivity index (χ1) is 10.0. The minimum Gasteiger partial charge on any atom is -0.465 e. The van der Waals surface area contributed by atoms with Crippen molar-refractivity contribution in [3.8, 4) is 5.75 Å². The van der Waals surface area contributed by atoms with Crippen LogP contribution in [0.25, 0.3) is 0 Å². The molecule has 1 unspecified atom stereocenters. The zero-order valence-electron chi connectivity index (χ0n) is 10.6. The minimum absolute atomic E-state index is 0.298. The highest BCUT2D eigenvalue weighted by molar-refractivity contribution is 8.22. The average molecular weight is 463 g/mol. The van der Waals surface area contributed by atoms with Crippen LogP contribution in [0.2, 0.25) is 0 Å². The Kier molecular flexibility index (Phi) is 5.91. The van der Waals surface area contributed by atoms with Crippen LogP contribution in [0, 0.1) is 0 Å². The molecule has 122 valence electrons. The molecule has 0 N–H and O–H groups in total. The van der Waals surface area contributed by atoms with Crippen LogP contribution >= 0.6 is 74.8 Å². The quantitative estimate of drug-likeness (QED) is 0.338. The van der Waals surface area contributed by atoms with Crippen molar-refractivity contribution in [2.75, 3.05) is 7.11 Å². The molecule has 14 heteroatoms. The Labute approximate surface area is 150 Å². The summed E-state index contributed by atoms with van der Waals surface area (Å²) in [7, 11) is 1.28. The van der Waals surface area contributed by atoms with Crippen LogP contribution < -0.4 is 4.52 Å². The first-order valence-corrected chi connectivity index (χ1v) is 14.8. The van der Waals surface area contributed by atoms with E-state index in [2.05, 4.69) is 18.3 Å². The molecule has 0 aliphatic carbocycles. The topological polar surface area (TPSA) is 72.6 Å². The number of benzene rings is 1. The number of hydrogen-bond acceptors (Lipinski definition) is 6. The van der Waals surface area contributed by atoms with Crippen molar-refractivity contribution in [3.63, 3.8) is 0 Å². The second-order valence-corrected chi connectivity index (χ2v) is 16.9. The van der Waals surface area contributed by atoms with E-state index in [1.165, 1.54) is 31.4 Å². The molecule has 1 aliphatic rings. The SMILES string of the molecule is COC(=O)c1ccc(OP2(Cl)=NP(Cl)(Cl)=NP(Cl)(Cl)=N2)cc1. The van der Waals surface area contributed by atoms with Crippen LogP contribution in [0.3, 0.4) is 0 Å². The number of carbonyl (C=O) groups excluding carboxylic acids is 1. The number of methoxy groups -OCH3 is 1. The Morgan fingerprint density at radius 1 is 0.955 bits per heavy atom. The fourth-order valence-corrected chi connectivity index (χ4v) is 17.9. The van der Waals surface area contributed by atoms with E-state index in [9.17, 15) is 4.79 Å². The van der Waals surface area contributed by atoms with Gasteiger partial charge < -0.3 is 9.26 Å². The fourth-order valence-electron chi connectivity index (χ4n) is 1.39. The van der Waals surface area contributed by atoms with Gasteiger partial charge in [0.25, 0.3) is 11.8 Å². The second kappa shape index (κ2) is 6.86. The van der Waals surface area contributed by atoms with Gasteiger partial charge >= 0.3 is 12.8 Å². The molecule has 0 radical (unpaired) electrons. The maximum atomic E-state index is 11.4. The average Bonchev–Trinajstić information content (AvgIpc) is 2.33. The third-order valence-electron chi connectivity index (χ3n) is 2.15. The third kappa shape index (κ3) is 5.06. The maximum Gasteiger partial charge on any atom is 0.350 e. The lowest BCUT2D eigenvalue weighted by atomic mass is 10.2. The maximum absolute atomic E-state index is 11.4. The zero-order valence-corrected chi connectivity index (χ0v) is 17.1. The molecular weight excluding hydrogens is 456 g/mol. The lowest BCUT2D eigenvalue weighted by Gasteiger charge is -2.21. The van der Waals surface area contributed by atoms with Gasteiger partial charge in [-0.25, -0.2) is 4.79 Å². The Balaban J connectivity index is 2.35. The highest BCUT2D eigenvalue weighted by Gasteiger charge is 2.34. The molecule has 2 rings (SSSR count). The van der Waals surface area contributed by atoms with Crippen LogP contribution in [-0.4, -0.2) is 13.1 Å². The molecule has 0 fully saturated rings. The summed E-state index contributed by atoms with van der Waals surface area (Å²) < 4.78 is 21.8. The Bertz CT molecular complexity index is 761. The summed E-state index contributed by atoms with van der Waals surface area (Å²) in [6, 6.07) is 5.98. The van der Waals surface area contributed by atoms with Crippen molar-refractivity contribution >= 4 is 80.8 Å². The van der Waals surface area contributed by atoms with Crippen molar-refractivity contribution in [2.24, 2.45) is 13.5 Å². The molecule has 1 aromatic carbocycles. The van der Waals surface area contributed by atoms with Gasteiger partial charge in [0.1, 0.15) is 5.75 Å². The van der Waals surface area contributed by atoms with Gasteiger partial charge in [-0.15, -0.1) is 0 Å². The smallest absolute Gasteiger partial charge is 0.350 e. The number of rotatable bonds is 3. The summed E-state index contributed by atoms with van der Waals surface area (Å²) in [5.41, 5.74) is 0.345. The molecule has 1 heterocycles. The summed E-state index contributed by atoms with van der Waals surface area (Å²) >= 11 is 30.0. The molecule has 1 atom stereocenters. The van der Waals surface area contributed by atoms with Crippen molar-refractivity contribution in [1.29, 1.82) is 0 Å². The molecular formula is C8H7Cl5N3O3P3. The third-order valence-corrected chi connectivity index (χ3v) is 14.1. The van der Waals surface area contributed by atoms with Crippen LogP contribution in [0.1, 0.15) is 10.4 Å². The van der Waals surface area contributed by atoms with Gasteiger partial charge in [-0.1, -0.05) is 0 Å².